The van der Waals surface area contributed by atoms with E-state index in [1.807, 2.05) is 131 Å². The van der Waals surface area contributed by atoms with Gasteiger partial charge in [-0.3, -0.25) is 0 Å². The van der Waals surface area contributed by atoms with Crippen molar-refractivity contribution in [2.24, 2.45) is 0 Å². The van der Waals surface area contributed by atoms with E-state index in [2.05, 4.69) is 0 Å². The minimum atomic E-state index is 1.83. The Hall–Kier alpha value is 3.08. The van der Waals surface area contributed by atoms with Crippen molar-refractivity contribution < 1.29 is 0 Å². The van der Waals surface area contributed by atoms with Crippen LogP contribution in [0.4, 0.5) is 0 Å². The molecular formula is S14. The summed E-state index contributed by atoms with van der Waals surface area (Å²) in [4.78, 5) is 0. The third-order valence-electron chi connectivity index (χ3n) is 0.389. The summed E-state index contributed by atoms with van der Waals surface area (Å²) in [5, 5.41) is 0. The summed E-state index contributed by atoms with van der Waals surface area (Å²) in [5.41, 5.74) is 0. The highest BCUT2D eigenvalue weighted by Crippen LogP contribution is 2.27. The summed E-state index contributed by atoms with van der Waals surface area (Å²) < 4.78 is 0. The van der Waals surface area contributed by atoms with Crippen LogP contribution in [0.25, 0.3) is 0 Å². The van der Waals surface area contributed by atoms with Crippen LogP contribution in [-0.4, -0.2) is 0 Å². The van der Waals surface area contributed by atoms with E-state index >= 15 is 0 Å². The van der Waals surface area contributed by atoms with Gasteiger partial charge in [-0.05, 0) is 0 Å². The van der Waals surface area contributed by atoms with Gasteiger partial charge >= 0.3 is 0 Å². The van der Waals surface area contributed by atoms with E-state index in [0.29, 0.717) is 0 Å². The summed E-state index contributed by atoms with van der Waals surface area (Å²) in [7, 11) is 25.7. The number of hydrogen-bond acceptors (Lipinski definition) is 14. The normalized spacial score (nSPS) is 8.00. The number of rotatable bonds is 0. The van der Waals surface area contributed by atoms with Crippen molar-refractivity contribution in [2.75, 3.05) is 0 Å². The largest absolute Gasteiger partial charge is 0 e. The van der Waals surface area contributed by atoms with Gasteiger partial charge in [-0.15, -0.1) is 0 Å². The maximum Gasteiger partial charge on any atom is 0 e. The predicted octanol–water partition coefficient (Wildman–Crippen LogP) is 8.73. The first-order valence-electron chi connectivity index (χ1n) is 2.33. The Morgan fingerprint density at radius 2 is 0.214 bits per heavy atom. The van der Waals surface area contributed by atoms with Gasteiger partial charge in [0.25, 0.3) is 0 Å². The summed E-state index contributed by atoms with van der Waals surface area (Å²) in [5.74, 6) is 0. The fourth-order valence-electron chi connectivity index (χ4n) is 0.159. The lowest BCUT2D eigenvalue weighted by Crippen LogP contribution is -0.847. The van der Waals surface area contributed by atoms with E-state index in [1.165, 1.54) is 0 Å². The molecule has 0 aliphatic rings. The lowest BCUT2D eigenvalue weighted by Gasteiger charge is -1.47. The zero-order valence-corrected chi connectivity index (χ0v) is 17.1. The topological polar surface area (TPSA) is 0 Å². The molecule has 2 rings (SSSR count). The van der Waals surface area contributed by atoms with Gasteiger partial charge in [-0.1, -0.05) is 0 Å². The summed E-state index contributed by atoms with van der Waals surface area (Å²) in [6.07, 6.45) is 0. The number of hydrogen-bond donors (Lipinski definition) is 0. The zero-order valence-electron chi connectivity index (χ0n) is 5.72. The van der Waals surface area contributed by atoms with Crippen molar-refractivity contribution in [3.8, 4) is 0 Å². The van der Waals surface area contributed by atoms with Crippen molar-refractivity contribution in [1.82, 2.24) is 0 Å². The van der Waals surface area contributed by atoms with Crippen LogP contribution in [0, 0.1) is 0 Å². The van der Waals surface area contributed by atoms with Crippen LogP contribution in [-0.2, 0) is 0 Å². The quantitative estimate of drug-likeness (QED) is 0.353. The maximum atomic E-state index is 1.83. The van der Waals surface area contributed by atoms with Gasteiger partial charge in [-0.25, -0.2) is 0 Å². The monoisotopic (exact) mass is 448 g/mol. The van der Waals surface area contributed by atoms with Crippen LogP contribution in [0.2, 0.25) is 0 Å². The van der Waals surface area contributed by atoms with Crippen LogP contribution in [0.15, 0.2) is 0 Å². The Bertz CT molecular complexity index is 213. The Labute approximate surface area is 128 Å². The molecule has 0 radical (unpaired) electrons. The van der Waals surface area contributed by atoms with Crippen LogP contribution < -0.4 is 0 Å². The van der Waals surface area contributed by atoms with E-state index in [0.717, 1.165) is 0 Å². The standard InChI is InChI=1S/2S7/c2*1-2-4-6-7-5-3-1. The smallest absolute Gasteiger partial charge is 0 e. The first-order valence-corrected chi connectivity index (χ1v) is 21.0. The van der Waals surface area contributed by atoms with E-state index in [-0.39, 0.29) is 0 Å². The second kappa shape index (κ2) is 12.5. The SMILES string of the molecule is s1ssssss1.s1ssssss1. The average Bonchev–Trinajstić information content (AvgIpc) is 2.68. The molecule has 0 bridgehead atoms. The Kier molecular flexibility index (Phi) is 13.6. The second-order valence-electron chi connectivity index (χ2n) is 0.953. The lowest BCUT2D eigenvalue weighted by atomic mass is 30.6. The Balaban J connectivity index is 0.000000140. The average molecular weight is 449 g/mol. The van der Waals surface area contributed by atoms with Gasteiger partial charge in [-0.2, -0.15) is 0 Å². The highest BCUT2D eigenvalue weighted by atomic mass is 33.7. The minimum absolute atomic E-state index is 1.83. The molecule has 0 saturated carbocycles. The molecule has 0 atom stereocenters. The van der Waals surface area contributed by atoms with E-state index in [4.69, 9.17) is 0 Å². The minimum Gasteiger partial charge on any atom is 0 e. The van der Waals surface area contributed by atoms with E-state index < -0.39 is 0 Å². The summed E-state index contributed by atoms with van der Waals surface area (Å²) in [6, 6.07) is 0. The highest BCUT2D eigenvalue weighted by molar-refractivity contribution is 8.33. The molecule has 2 aromatic heterocycles. The molecule has 0 saturated heterocycles. The van der Waals surface area contributed by atoms with Gasteiger partial charge in [0.1, 0.15) is 0 Å². The molecule has 0 fully saturated rings. The van der Waals surface area contributed by atoms with Gasteiger partial charge in [0.2, 0.25) is 0 Å². The molecule has 0 nitrogen and oxygen atoms in total. The molecule has 14 heteroatoms. The van der Waals surface area contributed by atoms with Crippen LogP contribution in [0.5, 0.6) is 0 Å². The molecule has 84 valence electrons. The molecule has 0 unspecified atom stereocenters. The molecular weight excluding hydrogens is 449 g/mol. The Morgan fingerprint density at radius 1 is 0.143 bits per heavy atom. The highest BCUT2D eigenvalue weighted by Gasteiger charge is 1.64. The van der Waals surface area contributed by atoms with Crippen LogP contribution >= 0.6 is 131 Å². The molecule has 0 aromatic carbocycles. The first-order chi connectivity index (χ1) is 7.00. The lowest BCUT2D eigenvalue weighted by molar-refractivity contribution is 5.22. The van der Waals surface area contributed by atoms with Gasteiger partial charge in [0, 0.05) is 131 Å². The third-order valence-corrected chi connectivity index (χ3v) is 31.5. The fraction of sp³-hybridized carbons (Fsp3) is 0. The molecule has 14 heavy (non-hydrogen) atoms. The van der Waals surface area contributed by atoms with Crippen molar-refractivity contribution in [3.05, 3.63) is 0 Å². The third kappa shape index (κ3) is 10.2. The van der Waals surface area contributed by atoms with Crippen LogP contribution in [0.3, 0.4) is 0 Å². The summed E-state index contributed by atoms with van der Waals surface area (Å²) in [6.45, 7) is 0. The fourth-order valence-corrected chi connectivity index (χ4v) is 38.6. The van der Waals surface area contributed by atoms with Crippen molar-refractivity contribution in [2.45, 2.75) is 0 Å². The van der Waals surface area contributed by atoms with Crippen molar-refractivity contribution in [3.63, 3.8) is 0 Å². The van der Waals surface area contributed by atoms with Gasteiger partial charge in [0.05, 0.1) is 0 Å². The molecule has 2 aromatic rings. The molecule has 0 aliphatic carbocycles. The second-order valence-corrected chi connectivity index (χ2v) is 25.7. The predicted molar refractivity (Wildman–Crippen MR) is 93.7 cm³/mol. The van der Waals surface area contributed by atoms with Gasteiger partial charge < -0.3 is 0 Å². The zero-order chi connectivity index (χ0) is 9.90. The Morgan fingerprint density at radius 3 is 0.286 bits per heavy atom. The van der Waals surface area contributed by atoms with E-state index in [1.54, 1.807) is 0 Å². The van der Waals surface area contributed by atoms with Gasteiger partial charge in [0.15, 0.2) is 0 Å². The van der Waals surface area contributed by atoms with E-state index in [9.17, 15) is 0 Å². The van der Waals surface area contributed by atoms with Crippen molar-refractivity contribution >= 4 is 131 Å². The molecule has 0 aliphatic heterocycles. The molecule has 0 N–H and O–H groups in total. The first kappa shape index (κ1) is 15.1. The van der Waals surface area contributed by atoms with Crippen molar-refractivity contribution in [1.29, 1.82) is 0 Å². The summed E-state index contributed by atoms with van der Waals surface area (Å²) >= 11 is 0. The molecule has 2 heterocycles. The molecule has 0 amide bonds. The van der Waals surface area contributed by atoms with Crippen LogP contribution in [0.1, 0.15) is 0 Å². The maximum absolute atomic E-state index is 1.83. The molecule has 0 spiro atoms.